The van der Waals surface area contributed by atoms with E-state index in [4.69, 9.17) is 0 Å². The van der Waals surface area contributed by atoms with Gasteiger partial charge >= 0.3 is 0 Å². The van der Waals surface area contributed by atoms with Crippen molar-refractivity contribution in [3.63, 3.8) is 0 Å². The van der Waals surface area contributed by atoms with Gasteiger partial charge in [0, 0.05) is 25.2 Å². The van der Waals surface area contributed by atoms with Gasteiger partial charge in [-0.2, -0.15) is 0 Å². The second kappa shape index (κ2) is 6.81. The van der Waals surface area contributed by atoms with Gasteiger partial charge in [0.05, 0.1) is 16.8 Å². The molecule has 0 unspecified atom stereocenters. The molecule has 0 bridgehead atoms. The van der Waals surface area contributed by atoms with Crippen molar-refractivity contribution in [2.45, 2.75) is 32.6 Å². The molecule has 7 heteroatoms. The number of nitrogens with one attached hydrogen (secondary N) is 2. The highest BCUT2D eigenvalue weighted by atomic mass is 32.1. The lowest BCUT2D eigenvalue weighted by atomic mass is 9.95. The zero-order chi connectivity index (χ0) is 19.1. The number of nitrogens with zero attached hydrogens (tertiary/aromatic N) is 2. The van der Waals surface area contributed by atoms with Gasteiger partial charge in [0.1, 0.15) is 4.88 Å². The average molecular weight is 382 g/mol. The molecule has 27 heavy (non-hydrogen) atoms. The highest BCUT2D eigenvalue weighted by Crippen LogP contribution is 2.31. The SMILES string of the molecule is Cc1nc(NC(=O)c2cccc3c4c([nH]c23)CCCC4)sc1C(=O)N(C)C. The molecule has 2 amide bonds. The molecule has 2 heterocycles. The van der Waals surface area contributed by atoms with Gasteiger partial charge in [-0.25, -0.2) is 4.98 Å². The zero-order valence-corrected chi connectivity index (χ0v) is 16.5. The summed E-state index contributed by atoms with van der Waals surface area (Å²) in [5.74, 6) is -0.318. The van der Waals surface area contributed by atoms with Crippen LogP contribution in [0, 0.1) is 6.92 Å². The molecule has 0 atom stereocenters. The van der Waals surface area contributed by atoms with Gasteiger partial charge in [0.25, 0.3) is 11.8 Å². The van der Waals surface area contributed by atoms with Crippen molar-refractivity contribution in [1.29, 1.82) is 0 Å². The van der Waals surface area contributed by atoms with Crippen molar-refractivity contribution in [2.75, 3.05) is 19.4 Å². The number of benzene rings is 1. The molecule has 1 aromatic carbocycles. The fourth-order valence-electron chi connectivity index (χ4n) is 3.63. The minimum Gasteiger partial charge on any atom is -0.358 e. The Kier molecular flexibility index (Phi) is 4.47. The van der Waals surface area contributed by atoms with Crippen LogP contribution in [0.1, 0.15) is 49.8 Å². The number of para-hydroxylation sites is 1. The summed E-state index contributed by atoms with van der Waals surface area (Å²) < 4.78 is 0. The van der Waals surface area contributed by atoms with Crippen LogP contribution in [0.15, 0.2) is 18.2 Å². The predicted octanol–water partition coefficient (Wildman–Crippen LogP) is 3.77. The van der Waals surface area contributed by atoms with Crippen LogP contribution >= 0.6 is 11.3 Å². The van der Waals surface area contributed by atoms with Gasteiger partial charge in [-0.3, -0.25) is 14.9 Å². The summed E-state index contributed by atoms with van der Waals surface area (Å²) in [5.41, 5.74) is 4.72. The van der Waals surface area contributed by atoms with Crippen LogP contribution in [0.4, 0.5) is 5.13 Å². The van der Waals surface area contributed by atoms with E-state index in [1.54, 1.807) is 21.0 Å². The topological polar surface area (TPSA) is 78.1 Å². The van der Waals surface area contributed by atoms with E-state index in [-0.39, 0.29) is 11.8 Å². The monoisotopic (exact) mass is 382 g/mol. The van der Waals surface area contributed by atoms with E-state index in [0.29, 0.717) is 21.3 Å². The molecule has 0 saturated heterocycles. The van der Waals surface area contributed by atoms with Gasteiger partial charge in [-0.15, -0.1) is 0 Å². The molecule has 6 nitrogen and oxygen atoms in total. The van der Waals surface area contributed by atoms with Crippen LogP contribution in [-0.2, 0) is 12.8 Å². The van der Waals surface area contributed by atoms with E-state index in [2.05, 4.69) is 21.4 Å². The normalized spacial score (nSPS) is 13.4. The quantitative estimate of drug-likeness (QED) is 0.724. The Balaban J connectivity index is 1.65. The smallest absolute Gasteiger partial charge is 0.265 e. The van der Waals surface area contributed by atoms with Crippen molar-refractivity contribution < 1.29 is 9.59 Å². The summed E-state index contributed by atoms with van der Waals surface area (Å²) in [4.78, 5) is 35.0. The van der Waals surface area contributed by atoms with Crippen molar-refractivity contribution in [1.82, 2.24) is 14.9 Å². The summed E-state index contributed by atoms with van der Waals surface area (Å²) in [6.45, 7) is 1.78. The fraction of sp³-hybridized carbons (Fsp3) is 0.350. The Bertz CT molecular complexity index is 1050. The molecule has 0 spiro atoms. The Morgan fingerprint density at radius 1 is 1.22 bits per heavy atom. The molecule has 2 aromatic heterocycles. The van der Waals surface area contributed by atoms with Crippen LogP contribution in [0.2, 0.25) is 0 Å². The van der Waals surface area contributed by atoms with Gasteiger partial charge in [-0.05, 0) is 44.2 Å². The first kappa shape index (κ1) is 17.7. The molecule has 0 fully saturated rings. The summed E-state index contributed by atoms with van der Waals surface area (Å²) in [6.07, 6.45) is 4.47. The first-order valence-corrected chi connectivity index (χ1v) is 9.90. The molecule has 2 N–H and O–H groups in total. The summed E-state index contributed by atoms with van der Waals surface area (Å²) in [6, 6.07) is 5.83. The number of anilines is 1. The minimum atomic E-state index is -0.211. The lowest BCUT2D eigenvalue weighted by Gasteiger charge is -2.10. The number of hydrogen-bond donors (Lipinski definition) is 2. The third-order valence-corrected chi connectivity index (χ3v) is 6.06. The Hall–Kier alpha value is -2.67. The predicted molar refractivity (Wildman–Crippen MR) is 108 cm³/mol. The summed E-state index contributed by atoms with van der Waals surface area (Å²) >= 11 is 1.21. The number of carbonyl (C=O) groups is 2. The Morgan fingerprint density at radius 3 is 2.78 bits per heavy atom. The molecule has 140 valence electrons. The molecular formula is C20H22N4O2S. The molecule has 0 radical (unpaired) electrons. The number of aromatic amines is 1. The third-order valence-electron chi connectivity index (χ3n) is 5.00. The molecule has 4 rings (SSSR count). The van der Waals surface area contributed by atoms with Gasteiger partial charge in [-0.1, -0.05) is 23.5 Å². The molecule has 1 aliphatic carbocycles. The number of thiazole rings is 1. The Morgan fingerprint density at radius 2 is 2.00 bits per heavy atom. The van der Waals surface area contributed by atoms with Crippen LogP contribution in [-0.4, -0.2) is 40.8 Å². The molecule has 0 saturated carbocycles. The number of carbonyl (C=O) groups excluding carboxylic acids is 2. The van der Waals surface area contributed by atoms with Crippen LogP contribution in [0.5, 0.6) is 0 Å². The number of hydrogen-bond acceptors (Lipinski definition) is 4. The summed E-state index contributed by atoms with van der Waals surface area (Å²) in [5, 5.41) is 4.44. The van der Waals surface area contributed by atoms with Gasteiger partial charge in [0.15, 0.2) is 5.13 Å². The standard InChI is InChI=1S/C20H22N4O2S/c1-11-17(19(26)24(2)3)27-20(21-11)23-18(25)14-9-6-8-13-12-7-4-5-10-15(12)22-16(13)14/h6,8-9,22H,4-5,7,10H2,1-3H3,(H,21,23,25). The van der Waals surface area contributed by atoms with E-state index >= 15 is 0 Å². The van der Waals surface area contributed by atoms with Gasteiger partial charge in [0.2, 0.25) is 0 Å². The fourth-order valence-corrected chi connectivity index (χ4v) is 4.62. The number of aromatic nitrogens is 2. The second-order valence-electron chi connectivity index (χ2n) is 7.10. The molecule has 1 aliphatic rings. The minimum absolute atomic E-state index is 0.107. The molecule has 0 aliphatic heterocycles. The lowest BCUT2D eigenvalue weighted by molar-refractivity contribution is 0.0831. The van der Waals surface area contributed by atoms with E-state index < -0.39 is 0 Å². The van der Waals surface area contributed by atoms with Crippen LogP contribution in [0.3, 0.4) is 0 Å². The number of amides is 2. The number of H-pyrrole nitrogens is 1. The first-order chi connectivity index (χ1) is 13.0. The van der Waals surface area contributed by atoms with E-state index in [1.165, 1.54) is 40.3 Å². The van der Waals surface area contributed by atoms with Crippen molar-refractivity contribution >= 4 is 39.2 Å². The van der Waals surface area contributed by atoms with Crippen LogP contribution < -0.4 is 5.32 Å². The van der Waals surface area contributed by atoms with Crippen LogP contribution in [0.25, 0.3) is 10.9 Å². The Labute approximate surface area is 161 Å². The maximum absolute atomic E-state index is 12.9. The van der Waals surface area contributed by atoms with Crippen molar-refractivity contribution in [3.05, 3.63) is 45.6 Å². The third kappa shape index (κ3) is 3.12. The highest BCUT2D eigenvalue weighted by Gasteiger charge is 2.21. The zero-order valence-electron chi connectivity index (χ0n) is 15.7. The maximum Gasteiger partial charge on any atom is 0.265 e. The van der Waals surface area contributed by atoms with Gasteiger partial charge < -0.3 is 9.88 Å². The first-order valence-electron chi connectivity index (χ1n) is 9.08. The van der Waals surface area contributed by atoms with E-state index in [1.807, 2.05) is 12.1 Å². The summed E-state index contributed by atoms with van der Waals surface area (Å²) in [7, 11) is 3.40. The van der Waals surface area contributed by atoms with E-state index in [0.717, 1.165) is 23.7 Å². The average Bonchev–Trinajstić information content (AvgIpc) is 3.20. The van der Waals surface area contributed by atoms with Crippen molar-refractivity contribution in [3.8, 4) is 0 Å². The molecular weight excluding hydrogens is 360 g/mol. The highest BCUT2D eigenvalue weighted by molar-refractivity contribution is 7.17. The van der Waals surface area contributed by atoms with E-state index in [9.17, 15) is 9.59 Å². The largest absolute Gasteiger partial charge is 0.358 e. The number of aryl methyl sites for hydroxylation is 3. The van der Waals surface area contributed by atoms with Crippen molar-refractivity contribution in [2.24, 2.45) is 0 Å². The molecule has 3 aromatic rings. The number of fused-ring (bicyclic) bond motifs is 3. The lowest BCUT2D eigenvalue weighted by Crippen LogP contribution is -2.21. The number of rotatable bonds is 3. The second-order valence-corrected chi connectivity index (χ2v) is 8.10. The maximum atomic E-state index is 12.9.